The summed E-state index contributed by atoms with van der Waals surface area (Å²) in [5.74, 6) is -2.30. The zero-order valence-corrected chi connectivity index (χ0v) is 21.4. The molecule has 0 aliphatic heterocycles. The molecule has 2 atom stereocenters. The van der Waals surface area contributed by atoms with Crippen LogP contribution in [-0.4, -0.2) is 16.0 Å². The van der Waals surface area contributed by atoms with Gasteiger partial charge in [0.1, 0.15) is 10.2 Å². The minimum absolute atomic E-state index is 0.0376. The molecule has 0 bridgehead atoms. The quantitative estimate of drug-likeness (QED) is 0.245. The molecule has 3 aromatic carbocycles. The lowest BCUT2D eigenvalue weighted by molar-refractivity contribution is -0.117. The van der Waals surface area contributed by atoms with Crippen molar-refractivity contribution >= 4 is 75.4 Å². The van der Waals surface area contributed by atoms with Crippen molar-refractivity contribution in [3.05, 3.63) is 97.7 Å². The number of halogens is 6. The highest BCUT2D eigenvalue weighted by Gasteiger charge is 2.67. The van der Waals surface area contributed by atoms with E-state index in [0.717, 1.165) is 0 Å². The van der Waals surface area contributed by atoms with Crippen LogP contribution in [0.4, 0.5) is 10.1 Å². The van der Waals surface area contributed by atoms with Gasteiger partial charge >= 0.3 is 0 Å². The van der Waals surface area contributed by atoms with E-state index in [2.05, 4.69) is 5.32 Å². The van der Waals surface area contributed by atoms with Gasteiger partial charge in [0.15, 0.2) is 5.78 Å². The molecule has 0 spiro atoms. The lowest BCUT2D eigenvalue weighted by Gasteiger charge is -2.10. The van der Waals surface area contributed by atoms with E-state index in [-0.39, 0.29) is 28.6 Å². The number of carbonyl (C=O) groups excluding carboxylic acids is 2. The molecule has 34 heavy (non-hydrogen) atoms. The summed E-state index contributed by atoms with van der Waals surface area (Å²) in [6, 6.07) is 13.8. The second-order valence-electron chi connectivity index (χ2n) is 8.19. The van der Waals surface area contributed by atoms with E-state index < -0.39 is 22.1 Å². The normalized spacial score (nSPS) is 18.4. The van der Waals surface area contributed by atoms with Crippen LogP contribution in [0.15, 0.2) is 54.6 Å². The number of anilines is 1. The fraction of sp³-hybridized carbons (Fsp3) is 0.200. The predicted octanol–water partition coefficient (Wildman–Crippen LogP) is 8.05. The van der Waals surface area contributed by atoms with Crippen LogP contribution in [0.2, 0.25) is 15.1 Å². The Hall–Kier alpha value is -1.82. The number of hydrogen-bond acceptors (Lipinski definition) is 2. The van der Waals surface area contributed by atoms with Crippen molar-refractivity contribution in [3.8, 4) is 0 Å². The van der Waals surface area contributed by atoms with Crippen LogP contribution < -0.4 is 5.32 Å². The van der Waals surface area contributed by atoms with E-state index in [0.29, 0.717) is 32.4 Å². The molecule has 0 radical (unpaired) electrons. The Morgan fingerprint density at radius 2 is 1.65 bits per heavy atom. The number of nitrogens with one attached hydrogen (secondary N) is 1. The average Bonchev–Trinajstić information content (AvgIpc) is 3.33. The molecule has 0 aromatic heterocycles. The van der Waals surface area contributed by atoms with Crippen molar-refractivity contribution in [3.63, 3.8) is 0 Å². The Bertz CT molecular complexity index is 1290. The smallest absolute Gasteiger partial charge is 0.231 e. The number of aryl methyl sites for hydroxylation is 1. The Balaban J connectivity index is 1.52. The number of amides is 1. The maximum absolute atomic E-state index is 13.4. The maximum atomic E-state index is 13.4. The number of benzene rings is 3. The average molecular weight is 560 g/mol. The first kappa shape index (κ1) is 25.3. The number of Topliss-reactive ketones (excluding diaryl/α,β-unsaturated/α-hetero) is 1. The van der Waals surface area contributed by atoms with Gasteiger partial charge < -0.3 is 5.32 Å². The fourth-order valence-electron chi connectivity index (χ4n) is 3.98. The Morgan fingerprint density at radius 3 is 2.29 bits per heavy atom. The second-order valence-corrected chi connectivity index (χ2v) is 10.9. The fourth-order valence-corrected chi connectivity index (χ4v) is 5.58. The van der Waals surface area contributed by atoms with Crippen LogP contribution >= 0.6 is 58.0 Å². The van der Waals surface area contributed by atoms with Crippen LogP contribution in [-0.2, 0) is 11.2 Å². The Morgan fingerprint density at radius 1 is 0.971 bits per heavy atom. The SMILES string of the molecule is Cc1cc(F)ccc1CC(=O)c1cc(NC(=O)C2C(c3cc(Cl)cc(Cl)c3)C2(Cl)Cl)ccc1Cl. The summed E-state index contributed by atoms with van der Waals surface area (Å²) in [7, 11) is 0. The van der Waals surface area contributed by atoms with Gasteiger partial charge in [-0.3, -0.25) is 9.59 Å². The van der Waals surface area contributed by atoms with Crippen LogP contribution in [0.25, 0.3) is 0 Å². The van der Waals surface area contributed by atoms with Gasteiger partial charge in [0.2, 0.25) is 5.91 Å². The molecule has 4 rings (SSSR count). The number of hydrogen-bond donors (Lipinski definition) is 1. The van der Waals surface area contributed by atoms with Gasteiger partial charge in [-0.05, 0) is 72.1 Å². The minimum Gasteiger partial charge on any atom is -0.326 e. The highest BCUT2D eigenvalue weighted by atomic mass is 35.5. The molecule has 176 valence electrons. The highest BCUT2D eigenvalue weighted by Crippen LogP contribution is 2.65. The van der Waals surface area contributed by atoms with Crippen molar-refractivity contribution in [2.45, 2.75) is 23.6 Å². The molecule has 2 unspecified atom stereocenters. The minimum atomic E-state index is -1.33. The van der Waals surface area contributed by atoms with E-state index in [9.17, 15) is 14.0 Å². The first-order chi connectivity index (χ1) is 16.0. The number of rotatable bonds is 6. The van der Waals surface area contributed by atoms with Gasteiger partial charge in [-0.25, -0.2) is 4.39 Å². The van der Waals surface area contributed by atoms with Crippen molar-refractivity contribution in [1.82, 2.24) is 0 Å². The first-order valence-electron chi connectivity index (χ1n) is 10.2. The lowest BCUT2D eigenvalue weighted by atomic mass is 9.99. The van der Waals surface area contributed by atoms with Gasteiger partial charge in [-0.15, -0.1) is 23.2 Å². The monoisotopic (exact) mass is 557 g/mol. The van der Waals surface area contributed by atoms with Crippen LogP contribution in [0, 0.1) is 18.7 Å². The molecule has 1 N–H and O–H groups in total. The van der Waals surface area contributed by atoms with Gasteiger partial charge in [0.25, 0.3) is 0 Å². The second kappa shape index (κ2) is 9.67. The van der Waals surface area contributed by atoms with E-state index in [4.69, 9.17) is 58.0 Å². The zero-order valence-electron chi connectivity index (χ0n) is 17.6. The molecule has 0 saturated heterocycles. The summed E-state index contributed by atoms with van der Waals surface area (Å²) in [6.45, 7) is 1.73. The van der Waals surface area contributed by atoms with Gasteiger partial charge in [0.05, 0.1) is 10.9 Å². The largest absolute Gasteiger partial charge is 0.326 e. The summed E-state index contributed by atoms with van der Waals surface area (Å²) >= 11 is 31.2. The maximum Gasteiger partial charge on any atom is 0.231 e. The lowest BCUT2D eigenvalue weighted by Crippen LogP contribution is -2.17. The third-order valence-corrected chi connectivity index (χ3v) is 7.48. The van der Waals surface area contributed by atoms with E-state index in [1.165, 1.54) is 24.3 Å². The third kappa shape index (κ3) is 5.22. The molecular formula is C25H17Cl5FNO2. The summed E-state index contributed by atoms with van der Waals surface area (Å²) in [6.07, 6.45) is 0.0376. The summed E-state index contributed by atoms with van der Waals surface area (Å²) in [5.41, 5.74) is 2.61. The van der Waals surface area contributed by atoms with Crippen molar-refractivity contribution < 1.29 is 14.0 Å². The molecule has 1 aliphatic carbocycles. The third-order valence-electron chi connectivity index (χ3n) is 5.77. The van der Waals surface area contributed by atoms with Crippen molar-refractivity contribution in [2.75, 3.05) is 5.32 Å². The standard InChI is InChI=1S/C25H17Cl5FNO2/c1-12-6-17(31)3-2-13(12)9-21(33)19-11-18(4-5-20(19)28)32-24(34)23-22(25(23,29)30)14-7-15(26)10-16(27)8-14/h2-8,10-11,22-23H,9H2,1H3,(H,32,34). The summed E-state index contributed by atoms with van der Waals surface area (Å²) in [5, 5.41) is 3.82. The number of ketones is 1. The highest BCUT2D eigenvalue weighted by molar-refractivity contribution is 6.53. The molecule has 0 heterocycles. The molecule has 3 nitrogen and oxygen atoms in total. The summed E-state index contributed by atoms with van der Waals surface area (Å²) < 4.78 is 12.0. The first-order valence-corrected chi connectivity index (χ1v) is 12.1. The molecule has 1 amide bonds. The number of carbonyl (C=O) groups is 2. The topological polar surface area (TPSA) is 46.2 Å². The van der Waals surface area contributed by atoms with E-state index in [1.54, 1.807) is 37.3 Å². The van der Waals surface area contributed by atoms with Crippen LogP contribution in [0.1, 0.15) is 33.0 Å². The van der Waals surface area contributed by atoms with Crippen molar-refractivity contribution in [1.29, 1.82) is 0 Å². The summed E-state index contributed by atoms with van der Waals surface area (Å²) in [4.78, 5) is 25.9. The Kier molecular flexibility index (Phi) is 7.19. The van der Waals surface area contributed by atoms with Crippen LogP contribution in [0.3, 0.4) is 0 Å². The molecule has 3 aromatic rings. The Labute approximate surface area is 221 Å². The predicted molar refractivity (Wildman–Crippen MR) is 136 cm³/mol. The van der Waals surface area contributed by atoms with Crippen molar-refractivity contribution in [2.24, 2.45) is 5.92 Å². The van der Waals surface area contributed by atoms with E-state index >= 15 is 0 Å². The van der Waals surface area contributed by atoms with E-state index in [1.807, 2.05) is 0 Å². The van der Waals surface area contributed by atoms with Gasteiger partial charge in [-0.2, -0.15) is 0 Å². The van der Waals surface area contributed by atoms with Gasteiger partial charge in [0, 0.05) is 33.6 Å². The number of alkyl halides is 2. The molecule has 1 saturated carbocycles. The molecular weight excluding hydrogens is 543 g/mol. The molecule has 1 aliphatic rings. The zero-order chi connectivity index (χ0) is 24.8. The molecule has 1 fully saturated rings. The van der Waals surface area contributed by atoms with Gasteiger partial charge in [-0.1, -0.05) is 40.9 Å². The molecule has 9 heteroatoms. The van der Waals surface area contributed by atoms with Crippen LogP contribution in [0.5, 0.6) is 0 Å².